The molecular formula is CCsF3O2S. The largest absolute Gasteiger partial charge is 1.00 e. The van der Waals surface area contributed by atoms with E-state index in [4.69, 9.17) is 8.76 Å². The first-order valence-corrected chi connectivity index (χ1v) is 2.18. The van der Waals surface area contributed by atoms with Crippen LogP contribution >= 0.6 is 0 Å². The SMILES string of the molecule is O=S([O-])C(F)(F)F.[Cs+]. The van der Waals surface area contributed by atoms with E-state index in [9.17, 15) is 13.2 Å². The summed E-state index contributed by atoms with van der Waals surface area (Å²) in [5.74, 6) is 0. The molecule has 7 heteroatoms. The normalized spacial score (nSPS) is 14.5. The van der Waals surface area contributed by atoms with Crippen LogP contribution in [0, 0.1) is 0 Å². The summed E-state index contributed by atoms with van der Waals surface area (Å²) in [4.78, 5) is 0. The Balaban J connectivity index is 0. The fourth-order valence-electron chi connectivity index (χ4n) is 0. The Hall–Kier alpha value is 1.95. The zero-order valence-corrected chi connectivity index (χ0v) is 11.0. The number of hydrogen-bond acceptors (Lipinski definition) is 2. The average Bonchev–Trinajstić information content (AvgIpc) is 1.31. The van der Waals surface area contributed by atoms with Crippen LogP contribution in [-0.4, -0.2) is 14.3 Å². The first-order valence-electron chi connectivity index (χ1n) is 1.10. The molecule has 0 saturated carbocycles. The van der Waals surface area contributed by atoms with E-state index in [2.05, 4.69) is 0 Å². The van der Waals surface area contributed by atoms with Crippen molar-refractivity contribution in [3.05, 3.63) is 0 Å². The topological polar surface area (TPSA) is 40.1 Å². The van der Waals surface area contributed by atoms with Gasteiger partial charge in [0, 0.05) is 0 Å². The van der Waals surface area contributed by atoms with Gasteiger partial charge in [-0.1, -0.05) is 0 Å². The maximum Gasteiger partial charge on any atom is 1.00 e. The first-order chi connectivity index (χ1) is 2.94. The Morgan fingerprint density at radius 3 is 1.50 bits per heavy atom. The van der Waals surface area contributed by atoms with Gasteiger partial charge in [-0.25, -0.2) is 0 Å². The van der Waals surface area contributed by atoms with Gasteiger partial charge in [-0.3, -0.25) is 4.21 Å². The molecule has 0 aliphatic heterocycles. The van der Waals surface area contributed by atoms with Gasteiger partial charge >= 0.3 is 74.4 Å². The zero-order valence-electron chi connectivity index (χ0n) is 3.86. The van der Waals surface area contributed by atoms with E-state index in [-0.39, 0.29) is 68.9 Å². The van der Waals surface area contributed by atoms with Crippen LogP contribution in [0.2, 0.25) is 0 Å². The van der Waals surface area contributed by atoms with Crippen molar-refractivity contribution < 1.29 is 90.8 Å². The van der Waals surface area contributed by atoms with Gasteiger partial charge in [-0.15, -0.1) is 0 Å². The van der Waals surface area contributed by atoms with Crippen molar-refractivity contribution in [2.24, 2.45) is 0 Å². The molecule has 0 bridgehead atoms. The molecule has 0 aliphatic carbocycles. The molecule has 0 aromatic rings. The van der Waals surface area contributed by atoms with Crippen molar-refractivity contribution in [2.45, 2.75) is 5.51 Å². The minimum Gasteiger partial charge on any atom is -0.766 e. The van der Waals surface area contributed by atoms with Crippen LogP contribution in [0.1, 0.15) is 0 Å². The van der Waals surface area contributed by atoms with Crippen molar-refractivity contribution in [1.29, 1.82) is 0 Å². The van der Waals surface area contributed by atoms with Crippen molar-refractivity contribution in [3.63, 3.8) is 0 Å². The predicted molar refractivity (Wildman–Crippen MR) is 15.0 cm³/mol. The summed E-state index contributed by atoms with van der Waals surface area (Å²) in [6.07, 6.45) is 0. The van der Waals surface area contributed by atoms with Gasteiger partial charge in [0.1, 0.15) is 0 Å². The third-order valence-electron chi connectivity index (χ3n) is 0.189. The fraction of sp³-hybridized carbons (Fsp3) is 1.00. The van der Waals surface area contributed by atoms with Crippen LogP contribution < -0.4 is 68.9 Å². The second-order valence-electron chi connectivity index (χ2n) is 0.680. The van der Waals surface area contributed by atoms with E-state index in [1.54, 1.807) is 0 Å². The summed E-state index contributed by atoms with van der Waals surface area (Å²) in [6, 6.07) is 0. The molecule has 0 fully saturated rings. The van der Waals surface area contributed by atoms with Crippen molar-refractivity contribution in [1.82, 2.24) is 0 Å². The van der Waals surface area contributed by atoms with Crippen LogP contribution in [0.15, 0.2) is 0 Å². The van der Waals surface area contributed by atoms with Gasteiger partial charge < -0.3 is 4.55 Å². The molecule has 0 amide bonds. The maximum absolute atomic E-state index is 10.6. The Bertz CT molecular complexity index is 89.8. The van der Waals surface area contributed by atoms with Crippen LogP contribution in [-0.2, 0) is 11.1 Å². The van der Waals surface area contributed by atoms with E-state index in [0.29, 0.717) is 0 Å². The molecule has 0 saturated heterocycles. The van der Waals surface area contributed by atoms with Gasteiger partial charge in [-0.2, -0.15) is 13.2 Å². The Kier molecular flexibility index (Phi) is 7.44. The maximum atomic E-state index is 10.6. The summed E-state index contributed by atoms with van der Waals surface area (Å²) in [7, 11) is 0. The van der Waals surface area contributed by atoms with Crippen molar-refractivity contribution >= 4 is 11.1 Å². The van der Waals surface area contributed by atoms with Crippen molar-refractivity contribution in [2.75, 3.05) is 0 Å². The molecule has 0 radical (unpaired) electrons. The third kappa shape index (κ3) is 6.08. The number of hydrogen-bond donors (Lipinski definition) is 0. The number of rotatable bonds is 0. The van der Waals surface area contributed by atoms with Gasteiger partial charge in [0.2, 0.25) is 0 Å². The third-order valence-corrected chi connectivity index (χ3v) is 0.567. The molecule has 44 valence electrons. The second kappa shape index (κ2) is 4.72. The molecule has 0 aliphatic rings. The molecule has 1 unspecified atom stereocenters. The molecule has 0 spiro atoms. The van der Waals surface area contributed by atoms with Crippen LogP contribution in [0.4, 0.5) is 13.2 Å². The summed E-state index contributed by atoms with van der Waals surface area (Å²) in [5, 5.41) is 0. The fourth-order valence-corrected chi connectivity index (χ4v) is 0. The van der Waals surface area contributed by atoms with Gasteiger partial charge in [0.15, 0.2) is 0 Å². The Morgan fingerprint density at radius 2 is 1.50 bits per heavy atom. The van der Waals surface area contributed by atoms with Crippen LogP contribution in [0.3, 0.4) is 0 Å². The van der Waals surface area contributed by atoms with E-state index >= 15 is 0 Å². The summed E-state index contributed by atoms with van der Waals surface area (Å²) in [5.41, 5.74) is -5.08. The summed E-state index contributed by atoms with van der Waals surface area (Å²) in [6.45, 7) is 0. The molecule has 8 heavy (non-hydrogen) atoms. The standard InChI is InChI=1S/CHF3O2S.Cs/c2-1(3,4)7(5)6;/h(H,5,6);/q;+1/p-1. The smallest absolute Gasteiger partial charge is 0.766 e. The first kappa shape index (κ1) is 12.6. The van der Waals surface area contributed by atoms with Gasteiger partial charge in [0.25, 0.3) is 0 Å². The number of halogens is 3. The zero-order chi connectivity index (χ0) is 6.08. The minimum absolute atomic E-state index is 0. The molecule has 0 N–H and O–H groups in total. The quantitative estimate of drug-likeness (QED) is 0.451. The molecule has 2 nitrogen and oxygen atoms in total. The van der Waals surface area contributed by atoms with Crippen LogP contribution in [0.25, 0.3) is 0 Å². The summed E-state index contributed by atoms with van der Waals surface area (Å²) >= 11 is -3.93. The molecular weight excluding hydrogens is 266 g/mol. The predicted octanol–water partition coefficient (Wildman–Crippen LogP) is -2.61. The van der Waals surface area contributed by atoms with Crippen molar-refractivity contribution in [3.8, 4) is 0 Å². The van der Waals surface area contributed by atoms with Crippen LogP contribution in [0.5, 0.6) is 0 Å². The monoisotopic (exact) mass is 266 g/mol. The average molecular weight is 266 g/mol. The molecule has 0 heterocycles. The molecule has 1 atom stereocenters. The van der Waals surface area contributed by atoms with E-state index in [0.717, 1.165) is 0 Å². The number of alkyl halides is 3. The second-order valence-corrected chi connectivity index (χ2v) is 1.61. The summed E-state index contributed by atoms with van der Waals surface area (Å²) < 4.78 is 49.5. The molecule has 0 aromatic carbocycles. The van der Waals surface area contributed by atoms with E-state index in [1.807, 2.05) is 0 Å². The molecule has 0 aromatic heterocycles. The van der Waals surface area contributed by atoms with Gasteiger partial charge in [0.05, 0.1) is 11.1 Å². The van der Waals surface area contributed by atoms with Gasteiger partial charge in [-0.05, 0) is 0 Å². The molecule has 0 rings (SSSR count). The Labute approximate surface area is 105 Å². The van der Waals surface area contributed by atoms with E-state index in [1.165, 1.54) is 0 Å². The minimum atomic E-state index is -5.08. The van der Waals surface area contributed by atoms with E-state index < -0.39 is 16.6 Å². The Morgan fingerprint density at radius 1 is 1.38 bits per heavy atom.